The number of hydrogen-bond donors (Lipinski definition) is 1. The van der Waals surface area contributed by atoms with Gasteiger partial charge in [-0.1, -0.05) is 17.7 Å². The molecule has 1 aromatic heterocycles. The highest BCUT2D eigenvalue weighted by Gasteiger charge is 2.10. The van der Waals surface area contributed by atoms with E-state index < -0.39 is 0 Å². The Kier molecular flexibility index (Phi) is 2.42. The molecule has 1 heterocycles. The number of fused-ring (bicyclic) bond motifs is 1. The van der Waals surface area contributed by atoms with Gasteiger partial charge in [0.15, 0.2) is 0 Å². The molecule has 0 atom stereocenters. The SMILES string of the molecule is N#Cc1csc2c(CO)ccc(Cl)c12. The van der Waals surface area contributed by atoms with Crippen molar-refractivity contribution >= 4 is 33.0 Å². The van der Waals surface area contributed by atoms with Crippen LogP contribution in [0.5, 0.6) is 0 Å². The van der Waals surface area contributed by atoms with E-state index in [1.165, 1.54) is 11.3 Å². The third-order valence-corrected chi connectivity index (χ3v) is 3.41. The van der Waals surface area contributed by atoms with Gasteiger partial charge >= 0.3 is 0 Å². The molecule has 0 saturated carbocycles. The summed E-state index contributed by atoms with van der Waals surface area (Å²) in [4.78, 5) is 0. The van der Waals surface area contributed by atoms with Crippen LogP contribution in [0.2, 0.25) is 5.02 Å². The topological polar surface area (TPSA) is 44.0 Å². The number of aliphatic hydroxyl groups excluding tert-OH is 1. The van der Waals surface area contributed by atoms with Crippen molar-refractivity contribution in [1.82, 2.24) is 0 Å². The Labute approximate surface area is 90.0 Å². The van der Waals surface area contributed by atoms with Gasteiger partial charge in [-0.15, -0.1) is 11.3 Å². The third kappa shape index (κ3) is 1.28. The molecule has 1 aromatic carbocycles. The van der Waals surface area contributed by atoms with E-state index in [9.17, 15) is 0 Å². The summed E-state index contributed by atoms with van der Waals surface area (Å²) in [6, 6.07) is 5.58. The van der Waals surface area contributed by atoms with Gasteiger partial charge in [-0.05, 0) is 11.6 Å². The van der Waals surface area contributed by atoms with Crippen LogP contribution in [0.4, 0.5) is 0 Å². The highest BCUT2D eigenvalue weighted by atomic mass is 35.5. The minimum atomic E-state index is -0.0287. The molecule has 70 valence electrons. The molecule has 0 saturated heterocycles. The minimum Gasteiger partial charge on any atom is -0.392 e. The molecular formula is C10H6ClNOS. The lowest BCUT2D eigenvalue weighted by atomic mass is 10.1. The fourth-order valence-electron chi connectivity index (χ4n) is 1.37. The van der Waals surface area contributed by atoms with Gasteiger partial charge in [-0.2, -0.15) is 5.26 Å². The van der Waals surface area contributed by atoms with E-state index in [4.69, 9.17) is 22.0 Å². The van der Waals surface area contributed by atoms with E-state index in [0.29, 0.717) is 10.6 Å². The normalized spacial score (nSPS) is 10.4. The Morgan fingerprint density at radius 1 is 1.50 bits per heavy atom. The summed E-state index contributed by atoms with van der Waals surface area (Å²) < 4.78 is 0.900. The lowest BCUT2D eigenvalue weighted by Gasteiger charge is -2.00. The van der Waals surface area contributed by atoms with E-state index in [2.05, 4.69) is 6.07 Å². The number of nitriles is 1. The van der Waals surface area contributed by atoms with Crippen LogP contribution in [0.1, 0.15) is 11.1 Å². The molecule has 1 N–H and O–H groups in total. The van der Waals surface area contributed by atoms with Crippen LogP contribution in [-0.2, 0) is 6.61 Å². The monoisotopic (exact) mass is 223 g/mol. The first-order valence-corrected chi connectivity index (χ1v) is 5.23. The predicted molar refractivity (Wildman–Crippen MR) is 57.5 cm³/mol. The first kappa shape index (κ1) is 9.47. The van der Waals surface area contributed by atoms with Gasteiger partial charge in [-0.25, -0.2) is 0 Å². The summed E-state index contributed by atoms with van der Waals surface area (Å²) in [5.41, 5.74) is 1.39. The zero-order chi connectivity index (χ0) is 10.1. The molecule has 0 spiro atoms. The average Bonchev–Trinajstić information content (AvgIpc) is 2.63. The summed E-state index contributed by atoms with van der Waals surface area (Å²) in [7, 11) is 0. The quantitative estimate of drug-likeness (QED) is 0.808. The summed E-state index contributed by atoms with van der Waals surface area (Å²) in [5.74, 6) is 0. The van der Waals surface area contributed by atoms with Crippen LogP contribution in [0, 0.1) is 11.3 Å². The van der Waals surface area contributed by atoms with Gasteiger partial charge in [-0.3, -0.25) is 0 Å². The molecule has 0 radical (unpaired) electrons. The zero-order valence-electron chi connectivity index (χ0n) is 7.12. The second kappa shape index (κ2) is 3.58. The Morgan fingerprint density at radius 3 is 2.93 bits per heavy atom. The first-order chi connectivity index (χ1) is 6.77. The maximum atomic E-state index is 9.09. The molecule has 2 aromatic rings. The van der Waals surface area contributed by atoms with Crippen LogP contribution in [-0.4, -0.2) is 5.11 Å². The lowest BCUT2D eigenvalue weighted by Crippen LogP contribution is -1.83. The Hall–Kier alpha value is -1.08. The summed E-state index contributed by atoms with van der Waals surface area (Å²) in [6.07, 6.45) is 0. The smallest absolute Gasteiger partial charge is 0.101 e. The number of rotatable bonds is 1. The molecule has 0 unspecified atom stereocenters. The maximum Gasteiger partial charge on any atom is 0.101 e. The molecule has 2 rings (SSSR count). The van der Waals surface area contributed by atoms with Crippen molar-refractivity contribution in [3.8, 4) is 6.07 Å². The van der Waals surface area contributed by atoms with Crippen molar-refractivity contribution in [2.75, 3.05) is 0 Å². The second-order valence-corrected chi connectivity index (χ2v) is 4.12. The van der Waals surface area contributed by atoms with Gasteiger partial charge in [0.1, 0.15) is 6.07 Å². The molecule has 0 aliphatic rings. The van der Waals surface area contributed by atoms with Crippen LogP contribution in [0.15, 0.2) is 17.5 Å². The molecule has 0 aliphatic carbocycles. The number of nitrogens with zero attached hydrogens (tertiary/aromatic N) is 1. The van der Waals surface area contributed by atoms with Crippen molar-refractivity contribution < 1.29 is 5.11 Å². The van der Waals surface area contributed by atoms with Gasteiger partial charge < -0.3 is 5.11 Å². The van der Waals surface area contributed by atoms with E-state index in [0.717, 1.165) is 15.6 Å². The van der Waals surface area contributed by atoms with Gasteiger partial charge in [0, 0.05) is 15.5 Å². The molecule has 0 bridgehead atoms. The number of aliphatic hydroxyl groups is 1. The van der Waals surface area contributed by atoms with E-state index in [1.54, 1.807) is 17.5 Å². The highest BCUT2D eigenvalue weighted by Crippen LogP contribution is 2.34. The highest BCUT2D eigenvalue weighted by molar-refractivity contribution is 7.17. The van der Waals surface area contributed by atoms with Crippen molar-refractivity contribution in [2.24, 2.45) is 0 Å². The summed E-state index contributed by atoms with van der Waals surface area (Å²) in [6.45, 7) is -0.0287. The first-order valence-electron chi connectivity index (χ1n) is 3.97. The van der Waals surface area contributed by atoms with Gasteiger partial charge in [0.05, 0.1) is 17.2 Å². The molecular weight excluding hydrogens is 218 g/mol. The van der Waals surface area contributed by atoms with Crippen LogP contribution < -0.4 is 0 Å². The van der Waals surface area contributed by atoms with Crippen LogP contribution in [0.3, 0.4) is 0 Å². The molecule has 0 aliphatic heterocycles. The third-order valence-electron chi connectivity index (χ3n) is 2.04. The van der Waals surface area contributed by atoms with Crippen molar-refractivity contribution in [1.29, 1.82) is 5.26 Å². The van der Waals surface area contributed by atoms with E-state index in [-0.39, 0.29) is 6.61 Å². The fourth-order valence-corrected chi connectivity index (χ4v) is 2.71. The minimum absolute atomic E-state index is 0.0287. The Morgan fingerprint density at radius 2 is 2.29 bits per heavy atom. The largest absolute Gasteiger partial charge is 0.392 e. The number of benzene rings is 1. The molecule has 2 nitrogen and oxygen atoms in total. The number of halogens is 1. The van der Waals surface area contributed by atoms with E-state index in [1.807, 2.05) is 0 Å². The predicted octanol–water partition coefficient (Wildman–Crippen LogP) is 2.92. The average molecular weight is 224 g/mol. The van der Waals surface area contributed by atoms with Crippen LogP contribution in [0.25, 0.3) is 10.1 Å². The summed E-state index contributed by atoms with van der Waals surface area (Å²) >= 11 is 7.42. The van der Waals surface area contributed by atoms with Crippen molar-refractivity contribution in [3.63, 3.8) is 0 Å². The lowest BCUT2D eigenvalue weighted by molar-refractivity contribution is 0.283. The number of hydrogen-bond acceptors (Lipinski definition) is 3. The second-order valence-electron chi connectivity index (χ2n) is 2.83. The van der Waals surface area contributed by atoms with Gasteiger partial charge in [0.25, 0.3) is 0 Å². The van der Waals surface area contributed by atoms with Crippen LogP contribution >= 0.6 is 22.9 Å². The van der Waals surface area contributed by atoms with Gasteiger partial charge in [0.2, 0.25) is 0 Å². The molecule has 4 heteroatoms. The van der Waals surface area contributed by atoms with Crippen molar-refractivity contribution in [3.05, 3.63) is 33.7 Å². The molecule has 0 fully saturated rings. The zero-order valence-corrected chi connectivity index (χ0v) is 8.69. The van der Waals surface area contributed by atoms with E-state index >= 15 is 0 Å². The Bertz CT molecular complexity index is 527. The Balaban J connectivity index is 2.89. The number of thiophene rings is 1. The maximum absolute atomic E-state index is 9.09. The standard InChI is InChI=1S/C10H6ClNOS/c11-8-2-1-6(4-13)10-9(8)7(3-12)5-14-10/h1-2,5,13H,4H2. The molecule has 14 heavy (non-hydrogen) atoms. The molecule has 0 amide bonds. The fraction of sp³-hybridized carbons (Fsp3) is 0.100. The summed E-state index contributed by atoms with van der Waals surface area (Å²) in [5, 5.41) is 21.0. The van der Waals surface area contributed by atoms with Crippen molar-refractivity contribution in [2.45, 2.75) is 6.61 Å².